The number of hydrogen-bond donors (Lipinski definition) is 1. The molecule has 0 radical (unpaired) electrons. The summed E-state index contributed by atoms with van der Waals surface area (Å²) in [5.74, 6) is -0.176. The lowest BCUT2D eigenvalue weighted by atomic mass is 9.80. The van der Waals surface area contributed by atoms with E-state index < -0.39 is 5.54 Å². The van der Waals surface area contributed by atoms with Gasteiger partial charge in [-0.05, 0) is 60.6 Å². The molecule has 3 rings (SSSR count). The largest absolute Gasteiger partial charge is 0.321 e. The highest BCUT2D eigenvalue weighted by Gasteiger charge is 2.32. The van der Waals surface area contributed by atoms with Crippen LogP contribution in [0, 0.1) is 5.82 Å². The van der Waals surface area contributed by atoms with Crippen LogP contribution in [0.4, 0.5) is 4.39 Å². The van der Waals surface area contributed by atoms with Gasteiger partial charge in [0.1, 0.15) is 5.82 Å². The monoisotopic (exact) mass is 347 g/mol. The molecule has 0 aromatic heterocycles. The quantitative estimate of drug-likeness (QED) is 0.782. The first kappa shape index (κ1) is 14.7. The predicted octanol–water partition coefficient (Wildman–Crippen LogP) is 4.71. The van der Waals surface area contributed by atoms with E-state index in [2.05, 4.69) is 34.1 Å². The normalized spacial score (nSPS) is 21.7. The van der Waals surface area contributed by atoms with Crippen LogP contribution < -0.4 is 5.73 Å². The van der Waals surface area contributed by atoms with Crippen molar-refractivity contribution in [2.45, 2.75) is 37.6 Å². The Balaban J connectivity index is 2.02. The molecule has 2 N–H and O–H groups in total. The first-order valence-electron chi connectivity index (χ1n) is 7.40. The first-order chi connectivity index (χ1) is 10.1. The maximum absolute atomic E-state index is 14.1. The molecule has 2 aromatic carbocycles. The average Bonchev–Trinajstić information content (AvgIpc) is 2.63. The molecular formula is C18H19BrFN. The average molecular weight is 348 g/mol. The highest BCUT2D eigenvalue weighted by molar-refractivity contribution is 9.10. The van der Waals surface area contributed by atoms with Crippen LogP contribution in [0.2, 0.25) is 0 Å². The second-order valence-corrected chi connectivity index (χ2v) is 6.85. The van der Waals surface area contributed by atoms with Crippen molar-refractivity contribution >= 4 is 15.9 Å². The topological polar surface area (TPSA) is 26.0 Å². The molecule has 1 aliphatic carbocycles. The van der Waals surface area contributed by atoms with Crippen LogP contribution in [0.5, 0.6) is 0 Å². The van der Waals surface area contributed by atoms with E-state index in [0.717, 1.165) is 30.2 Å². The Hall–Kier alpha value is -1.19. The summed E-state index contributed by atoms with van der Waals surface area (Å²) in [5.41, 5.74) is 9.44. The lowest BCUT2D eigenvalue weighted by Gasteiger charge is -2.31. The fourth-order valence-corrected chi connectivity index (χ4v) is 3.73. The van der Waals surface area contributed by atoms with Crippen LogP contribution in [0.25, 0.3) is 0 Å². The van der Waals surface area contributed by atoms with Crippen LogP contribution in [-0.4, -0.2) is 0 Å². The van der Waals surface area contributed by atoms with E-state index in [1.165, 1.54) is 17.2 Å². The van der Waals surface area contributed by atoms with Crippen molar-refractivity contribution in [1.29, 1.82) is 0 Å². The fourth-order valence-electron chi connectivity index (χ4n) is 3.32. The van der Waals surface area contributed by atoms with Crippen molar-refractivity contribution in [1.82, 2.24) is 0 Å². The molecule has 0 aliphatic heterocycles. The third-order valence-electron chi connectivity index (χ3n) is 4.39. The van der Waals surface area contributed by atoms with Gasteiger partial charge in [-0.2, -0.15) is 0 Å². The van der Waals surface area contributed by atoms with Gasteiger partial charge >= 0.3 is 0 Å². The van der Waals surface area contributed by atoms with Gasteiger partial charge in [-0.1, -0.05) is 46.6 Å². The van der Waals surface area contributed by atoms with E-state index in [9.17, 15) is 4.39 Å². The minimum atomic E-state index is -0.477. The molecule has 1 nitrogen and oxygen atoms in total. The summed E-state index contributed by atoms with van der Waals surface area (Å²) in [7, 11) is 0. The van der Waals surface area contributed by atoms with Crippen LogP contribution in [0.3, 0.4) is 0 Å². The third kappa shape index (κ3) is 3.04. The van der Waals surface area contributed by atoms with Crippen LogP contribution >= 0.6 is 15.9 Å². The maximum Gasteiger partial charge on any atom is 0.126 e. The van der Waals surface area contributed by atoms with Crippen molar-refractivity contribution in [3.05, 3.63) is 69.4 Å². The SMILES string of the molecule is NC1(Cc2cc(Br)ccc2F)CCCCc2ccccc21. The zero-order valence-corrected chi connectivity index (χ0v) is 13.5. The summed E-state index contributed by atoms with van der Waals surface area (Å²) >= 11 is 3.42. The summed E-state index contributed by atoms with van der Waals surface area (Å²) in [5, 5.41) is 0. The van der Waals surface area contributed by atoms with E-state index >= 15 is 0 Å². The number of fused-ring (bicyclic) bond motifs is 1. The van der Waals surface area contributed by atoms with Crippen molar-refractivity contribution in [2.24, 2.45) is 5.73 Å². The molecule has 0 amide bonds. The summed E-state index contributed by atoms with van der Waals surface area (Å²) in [6.07, 6.45) is 4.74. The predicted molar refractivity (Wildman–Crippen MR) is 87.7 cm³/mol. The molecule has 0 fully saturated rings. The molecule has 0 bridgehead atoms. The van der Waals surface area contributed by atoms with Crippen LogP contribution in [0.1, 0.15) is 36.0 Å². The zero-order valence-electron chi connectivity index (χ0n) is 11.9. The highest BCUT2D eigenvalue weighted by atomic mass is 79.9. The van der Waals surface area contributed by atoms with E-state index in [4.69, 9.17) is 5.73 Å². The molecular weight excluding hydrogens is 329 g/mol. The number of rotatable bonds is 2. The van der Waals surface area contributed by atoms with Gasteiger partial charge in [-0.25, -0.2) is 4.39 Å². The molecule has 0 saturated heterocycles. The highest BCUT2D eigenvalue weighted by Crippen LogP contribution is 2.35. The van der Waals surface area contributed by atoms with Crippen molar-refractivity contribution in [2.75, 3.05) is 0 Å². The van der Waals surface area contributed by atoms with Gasteiger partial charge in [-0.3, -0.25) is 0 Å². The van der Waals surface area contributed by atoms with Crippen LogP contribution in [-0.2, 0) is 18.4 Å². The molecule has 1 unspecified atom stereocenters. The molecule has 1 atom stereocenters. The molecule has 110 valence electrons. The lowest BCUT2D eigenvalue weighted by Crippen LogP contribution is -2.39. The van der Waals surface area contributed by atoms with E-state index in [-0.39, 0.29) is 5.82 Å². The number of nitrogens with two attached hydrogens (primary N) is 1. The summed E-state index contributed by atoms with van der Waals surface area (Å²) in [4.78, 5) is 0. The molecule has 2 aromatic rings. The fraction of sp³-hybridized carbons (Fsp3) is 0.333. The summed E-state index contributed by atoms with van der Waals surface area (Å²) < 4.78 is 15.0. The Morgan fingerprint density at radius 2 is 1.95 bits per heavy atom. The zero-order chi connectivity index (χ0) is 14.9. The molecule has 21 heavy (non-hydrogen) atoms. The van der Waals surface area contributed by atoms with Gasteiger partial charge in [0.25, 0.3) is 0 Å². The van der Waals surface area contributed by atoms with Crippen molar-refractivity contribution < 1.29 is 4.39 Å². The lowest BCUT2D eigenvalue weighted by molar-refractivity contribution is 0.392. The molecule has 0 spiro atoms. The Bertz CT molecular complexity index is 655. The minimum absolute atomic E-state index is 0.176. The summed E-state index contributed by atoms with van der Waals surface area (Å²) in [6.45, 7) is 0. The van der Waals surface area contributed by atoms with Gasteiger partial charge in [-0.15, -0.1) is 0 Å². The maximum atomic E-state index is 14.1. The number of aryl methyl sites for hydroxylation is 1. The Kier molecular flexibility index (Phi) is 4.14. The van der Waals surface area contributed by atoms with Crippen molar-refractivity contribution in [3.8, 4) is 0 Å². The second kappa shape index (κ2) is 5.90. The van der Waals surface area contributed by atoms with Crippen molar-refractivity contribution in [3.63, 3.8) is 0 Å². The van der Waals surface area contributed by atoms with Gasteiger partial charge in [0, 0.05) is 10.0 Å². The summed E-state index contributed by atoms with van der Waals surface area (Å²) in [6, 6.07) is 13.4. The van der Waals surface area contributed by atoms with Gasteiger partial charge in [0.15, 0.2) is 0 Å². The number of hydrogen-bond acceptors (Lipinski definition) is 1. The van der Waals surface area contributed by atoms with E-state index in [1.807, 2.05) is 12.1 Å². The molecule has 1 aliphatic rings. The molecule has 0 saturated carbocycles. The minimum Gasteiger partial charge on any atom is -0.321 e. The first-order valence-corrected chi connectivity index (χ1v) is 8.19. The molecule has 3 heteroatoms. The standard InChI is InChI=1S/C18H19BrFN/c19-15-8-9-17(20)14(11-15)12-18(21)10-4-3-6-13-5-1-2-7-16(13)18/h1-2,5,7-9,11H,3-4,6,10,12,21H2. The second-order valence-electron chi connectivity index (χ2n) is 5.93. The van der Waals surface area contributed by atoms with Crippen LogP contribution in [0.15, 0.2) is 46.9 Å². The Morgan fingerprint density at radius 3 is 2.81 bits per heavy atom. The number of halogens is 2. The van der Waals surface area contributed by atoms with E-state index in [0.29, 0.717) is 12.0 Å². The Morgan fingerprint density at radius 1 is 1.14 bits per heavy atom. The van der Waals surface area contributed by atoms with E-state index in [1.54, 1.807) is 6.07 Å². The molecule has 0 heterocycles. The van der Waals surface area contributed by atoms with Gasteiger partial charge in [0.05, 0.1) is 0 Å². The Labute approximate surface area is 133 Å². The van der Waals surface area contributed by atoms with Gasteiger partial charge < -0.3 is 5.73 Å². The van der Waals surface area contributed by atoms with Gasteiger partial charge in [0.2, 0.25) is 0 Å². The smallest absolute Gasteiger partial charge is 0.126 e. The number of benzene rings is 2. The third-order valence-corrected chi connectivity index (χ3v) is 4.88.